The first-order valence-corrected chi connectivity index (χ1v) is 7.69. The lowest BCUT2D eigenvalue weighted by Gasteiger charge is -2.19. The zero-order valence-electron chi connectivity index (χ0n) is 14.3. The van der Waals surface area contributed by atoms with Crippen molar-refractivity contribution in [2.24, 2.45) is 4.99 Å². The van der Waals surface area contributed by atoms with E-state index in [9.17, 15) is 4.79 Å². The Bertz CT molecular complexity index is 487. The van der Waals surface area contributed by atoms with Crippen LogP contribution in [0.3, 0.4) is 0 Å². The summed E-state index contributed by atoms with van der Waals surface area (Å²) in [6.07, 6.45) is 0.436. The smallest absolute Gasteiger partial charge is 0.248 e. The maximum absolute atomic E-state index is 11.9. The lowest BCUT2D eigenvalue weighted by Crippen LogP contribution is -2.40. The van der Waals surface area contributed by atoms with Crippen LogP contribution in [0.1, 0.15) is 38.9 Å². The van der Waals surface area contributed by atoms with Gasteiger partial charge in [0.2, 0.25) is 11.8 Å². The Hall–Kier alpha value is -1.39. The highest BCUT2D eigenvalue weighted by Gasteiger charge is 2.09. The highest BCUT2D eigenvalue weighted by molar-refractivity contribution is 14.0. The summed E-state index contributed by atoms with van der Waals surface area (Å²) in [5.41, 5.74) is 0. The third-order valence-electron chi connectivity index (χ3n) is 3.03. The molecule has 0 aromatic carbocycles. The van der Waals surface area contributed by atoms with Crippen LogP contribution < -0.4 is 10.6 Å². The molecule has 2 N–H and O–H groups in total. The Morgan fingerprint density at radius 1 is 1.26 bits per heavy atom. The third-order valence-corrected chi connectivity index (χ3v) is 3.03. The van der Waals surface area contributed by atoms with Crippen LogP contribution >= 0.6 is 24.0 Å². The molecule has 1 rings (SSSR count). The highest BCUT2D eigenvalue weighted by atomic mass is 127. The van der Waals surface area contributed by atoms with Gasteiger partial charge < -0.3 is 20.1 Å². The predicted octanol–water partition coefficient (Wildman–Crippen LogP) is 1.31. The average Bonchev–Trinajstić information content (AvgIpc) is 2.91. The van der Waals surface area contributed by atoms with Crippen LogP contribution in [-0.4, -0.2) is 53.1 Å². The van der Waals surface area contributed by atoms with Gasteiger partial charge in [-0.25, -0.2) is 4.99 Å². The molecule has 0 saturated carbocycles. The first-order chi connectivity index (χ1) is 10.6. The number of nitrogens with zero attached hydrogens (tertiary/aromatic N) is 4. The van der Waals surface area contributed by atoms with Crippen molar-refractivity contribution in [1.29, 1.82) is 0 Å². The summed E-state index contributed by atoms with van der Waals surface area (Å²) in [4.78, 5) is 22.2. The molecule has 0 aliphatic heterocycles. The second kappa shape index (κ2) is 12.1. The number of amides is 1. The van der Waals surface area contributed by atoms with Gasteiger partial charge in [-0.3, -0.25) is 4.79 Å². The van der Waals surface area contributed by atoms with Crippen LogP contribution in [0.5, 0.6) is 0 Å². The number of carbonyl (C=O) groups excluding carboxylic acids is 1. The summed E-state index contributed by atoms with van der Waals surface area (Å²) in [7, 11) is 0. The van der Waals surface area contributed by atoms with Crippen molar-refractivity contribution < 1.29 is 9.32 Å². The normalized spacial score (nSPS) is 10.9. The Balaban J connectivity index is 0.00000484. The molecule has 0 saturated heterocycles. The number of aromatic nitrogens is 2. The minimum Gasteiger partial charge on any atom is -0.357 e. The van der Waals surface area contributed by atoms with Gasteiger partial charge in [0.05, 0.1) is 0 Å². The number of hydrogen-bond acceptors (Lipinski definition) is 5. The van der Waals surface area contributed by atoms with Crippen LogP contribution in [0.25, 0.3) is 0 Å². The van der Waals surface area contributed by atoms with Gasteiger partial charge in [-0.15, -0.1) is 24.0 Å². The molecule has 132 valence electrons. The molecule has 0 aliphatic rings. The van der Waals surface area contributed by atoms with Crippen molar-refractivity contribution in [3.63, 3.8) is 0 Å². The second-order valence-electron chi connectivity index (χ2n) is 4.67. The summed E-state index contributed by atoms with van der Waals surface area (Å²) in [6.45, 7) is 10.7. The lowest BCUT2D eigenvalue weighted by molar-refractivity contribution is -0.130. The van der Waals surface area contributed by atoms with Gasteiger partial charge in [-0.05, 0) is 27.7 Å². The maximum Gasteiger partial charge on any atom is 0.248 e. The van der Waals surface area contributed by atoms with Crippen molar-refractivity contribution >= 4 is 35.8 Å². The van der Waals surface area contributed by atoms with Crippen LogP contribution in [0.15, 0.2) is 9.52 Å². The van der Waals surface area contributed by atoms with Crippen molar-refractivity contribution in [1.82, 2.24) is 25.7 Å². The van der Waals surface area contributed by atoms with Crippen molar-refractivity contribution in [2.75, 3.05) is 26.2 Å². The summed E-state index contributed by atoms with van der Waals surface area (Å²) >= 11 is 0. The lowest BCUT2D eigenvalue weighted by atomic mass is 10.3. The number of aryl methyl sites for hydroxylation is 1. The first kappa shape index (κ1) is 21.6. The first-order valence-electron chi connectivity index (χ1n) is 7.69. The summed E-state index contributed by atoms with van der Waals surface area (Å²) in [5.74, 6) is 1.83. The van der Waals surface area contributed by atoms with Crippen LogP contribution in [0.2, 0.25) is 0 Å². The number of rotatable bonds is 8. The van der Waals surface area contributed by atoms with E-state index in [4.69, 9.17) is 4.52 Å². The third kappa shape index (κ3) is 8.14. The molecule has 1 aromatic heterocycles. The molecule has 23 heavy (non-hydrogen) atoms. The minimum atomic E-state index is 0. The number of carbonyl (C=O) groups is 1. The van der Waals surface area contributed by atoms with E-state index in [1.54, 1.807) is 6.92 Å². The Kier molecular flexibility index (Phi) is 11.4. The molecule has 0 fully saturated rings. The molecule has 1 amide bonds. The van der Waals surface area contributed by atoms with Gasteiger partial charge in [0.15, 0.2) is 11.8 Å². The zero-order chi connectivity index (χ0) is 16.4. The van der Waals surface area contributed by atoms with Gasteiger partial charge in [0.1, 0.15) is 6.54 Å². The maximum atomic E-state index is 11.9. The molecule has 0 atom stereocenters. The van der Waals surface area contributed by atoms with E-state index in [2.05, 4.69) is 25.8 Å². The number of halogens is 1. The predicted molar refractivity (Wildman–Crippen MR) is 99.8 cm³/mol. The van der Waals surface area contributed by atoms with Gasteiger partial charge >= 0.3 is 0 Å². The molecule has 0 radical (unpaired) electrons. The molecule has 1 heterocycles. The molecule has 0 unspecified atom stereocenters. The zero-order valence-corrected chi connectivity index (χ0v) is 16.6. The molecule has 0 aliphatic carbocycles. The topological polar surface area (TPSA) is 95.6 Å². The summed E-state index contributed by atoms with van der Waals surface area (Å²) in [6, 6.07) is 0. The van der Waals surface area contributed by atoms with Crippen LogP contribution in [0.4, 0.5) is 0 Å². The van der Waals surface area contributed by atoms with E-state index < -0.39 is 0 Å². The second-order valence-corrected chi connectivity index (χ2v) is 4.67. The van der Waals surface area contributed by atoms with E-state index in [-0.39, 0.29) is 29.9 Å². The standard InChI is InChI=1S/C14H26N6O2.HI/c1-5-15-14(17-10-12-18-11(4)19-22-12)16-9-8-13(21)20(6-2)7-3;/h5-10H2,1-4H3,(H2,15,16,17);1H. The van der Waals surface area contributed by atoms with Gasteiger partial charge in [0, 0.05) is 32.6 Å². The highest BCUT2D eigenvalue weighted by Crippen LogP contribution is 1.97. The minimum absolute atomic E-state index is 0. The van der Waals surface area contributed by atoms with E-state index in [1.807, 2.05) is 25.7 Å². The monoisotopic (exact) mass is 438 g/mol. The quantitative estimate of drug-likeness (QED) is 0.361. The Morgan fingerprint density at radius 3 is 2.48 bits per heavy atom. The summed E-state index contributed by atoms with van der Waals surface area (Å²) < 4.78 is 5.01. The molecule has 0 bridgehead atoms. The summed E-state index contributed by atoms with van der Waals surface area (Å²) in [5, 5.41) is 9.97. The van der Waals surface area contributed by atoms with E-state index >= 15 is 0 Å². The Morgan fingerprint density at radius 2 is 1.96 bits per heavy atom. The molecule has 0 spiro atoms. The molecular weight excluding hydrogens is 411 g/mol. The number of nitrogens with one attached hydrogen (secondary N) is 2. The fourth-order valence-electron chi connectivity index (χ4n) is 1.91. The van der Waals surface area contributed by atoms with Gasteiger partial charge in [0.25, 0.3) is 0 Å². The SMILES string of the molecule is CCNC(=NCc1nc(C)no1)NCCC(=O)N(CC)CC.I. The molecule has 1 aromatic rings. The fourth-order valence-corrected chi connectivity index (χ4v) is 1.91. The number of guanidine groups is 1. The molecule has 9 heteroatoms. The van der Waals surface area contributed by atoms with Crippen molar-refractivity contribution in [3.05, 3.63) is 11.7 Å². The largest absolute Gasteiger partial charge is 0.357 e. The number of hydrogen-bond donors (Lipinski definition) is 2. The fraction of sp³-hybridized carbons (Fsp3) is 0.714. The van der Waals surface area contributed by atoms with E-state index in [0.717, 1.165) is 19.6 Å². The van der Waals surface area contributed by atoms with Crippen LogP contribution in [-0.2, 0) is 11.3 Å². The van der Waals surface area contributed by atoms with Crippen molar-refractivity contribution in [3.8, 4) is 0 Å². The van der Waals surface area contributed by atoms with Gasteiger partial charge in [-0.2, -0.15) is 4.98 Å². The molecular formula is C14H27IN6O2. The molecule has 8 nitrogen and oxygen atoms in total. The van der Waals surface area contributed by atoms with E-state index in [1.165, 1.54) is 0 Å². The average molecular weight is 438 g/mol. The van der Waals surface area contributed by atoms with Gasteiger partial charge in [-0.1, -0.05) is 5.16 Å². The number of aliphatic imine (C=N–C) groups is 1. The van der Waals surface area contributed by atoms with E-state index in [0.29, 0.717) is 37.2 Å². The van der Waals surface area contributed by atoms with Crippen LogP contribution in [0, 0.1) is 6.92 Å². The Labute approximate surface area is 154 Å². The van der Waals surface area contributed by atoms with Crippen molar-refractivity contribution in [2.45, 2.75) is 40.7 Å².